The molecule has 0 saturated carbocycles. The van der Waals surface area contributed by atoms with Crippen molar-refractivity contribution in [3.8, 4) is 17.6 Å². The Morgan fingerprint density at radius 1 is 1.18 bits per heavy atom. The van der Waals surface area contributed by atoms with E-state index in [1.165, 1.54) is 0 Å². The number of anilines is 1. The number of rotatable bonds is 11. The summed E-state index contributed by atoms with van der Waals surface area (Å²) in [5, 5.41) is 20.9. The van der Waals surface area contributed by atoms with Gasteiger partial charge in [-0.05, 0) is 76.8 Å². The number of ether oxygens (including phenoxy) is 3. The van der Waals surface area contributed by atoms with Crippen molar-refractivity contribution in [2.75, 3.05) is 37.7 Å². The molecule has 9 nitrogen and oxygen atoms in total. The molecular formula is C29H36N3O6-. The standard InChI is InChI=1S/C29H37N3O6/c1-6-36-24-9-7-8-10-25(24)37-14-13-32(28(35)38-29(3,4)5)20(2)15-21-16-22-11-12-31(19-26(33)34)27(22)23(17-21)18-30/h7-10,16-17,20H,6,11-15,19H2,1-5H3,(H,33,34)/p-1. The Bertz CT molecular complexity index is 1180. The van der Waals surface area contributed by atoms with Crippen molar-refractivity contribution in [3.63, 3.8) is 0 Å². The molecule has 2 aromatic carbocycles. The monoisotopic (exact) mass is 522 g/mol. The van der Waals surface area contributed by atoms with Gasteiger partial charge >= 0.3 is 6.09 Å². The van der Waals surface area contributed by atoms with E-state index in [-0.39, 0.29) is 25.7 Å². The fraction of sp³-hybridized carbons (Fsp3) is 0.483. The maximum absolute atomic E-state index is 13.2. The Labute approximate surface area is 224 Å². The van der Waals surface area contributed by atoms with Crippen molar-refractivity contribution in [2.45, 2.75) is 59.1 Å². The van der Waals surface area contributed by atoms with E-state index in [0.717, 1.165) is 11.1 Å². The van der Waals surface area contributed by atoms with Crippen LogP contribution < -0.4 is 19.5 Å². The predicted molar refractivity (Wildman–Crippen MR) is 141 cm³/mol. The van der Waals surface area contributed by atoms with Crippen LogP contribution in [0.4, 0.5) is 10.5 Å². The van der Waals surface area contributed by atoms with E-state index in [9.17, 15) is 20.0 Å². The molecule has 3 rings (SSSR count). The minimum Gasteiger partial charge on any atom is -0.548 e. The fourth-order valence-corrected chi connectivity index (χ4v) is 4.57. The lowest BCUT2D eigenvalue weighted by Crippen LogP contribution is -2.45. The van der Waals surface area contributed by atoms with E-state index in [4.69, 9.17) is 14.2 Å². The number of hydrogen-bond donors (Lipinski definition) is 0. The van der Waals surface area contributed by atoms with Gasteiger partial charge < -0.3 is 33.9 Å². The summed E-state index contributed by atoms with van der Waals surface area (Å²) in [5.41, 5.74) is 2.22. The zero-order chi connectivity index (χ0) is 27.9. The normalized spacial score (nSPS) is 13.3. The molecule has 204 valence electrons. The molecule has 1 aliphatic heterocycles. The van der Waals surface area contributed by atoms with E-state index < -0.39 is 17.7 Å². The molecule has 0 spiro atoms. The van der Waals surface area contributed by atoms with Crippen LogP contribution in [0.5, 0.6) is 11.5 Å². The zero-order valence-electron chi connectivity index (χ0n) is 22.8. The minimum atomic E-state index is -1.18. The highest BCUT2D eigenvalue weighted by atomic mass is 16.6. The smallest absolute Gasteiger partial charge is 0.410 e. The van der Waals surface area contributed by atoms with Crippen LogP contribution in [0.2, 0.25) is 0 Å². The molecule has 0 saturated heterocycles. The Hall–Kier alpha value is -3.93. The summed E-state index contributed by atoms with van der Waals surface area (Å²) >= 11 is 0. The number of carbonyl (C=O) groups is 2. The molecule has 0 N–H and O–H groups in total. The number of benzene rings is 2. The van der Waals surface area contributed by atoms with Crippen molar-refractivity contribution < 1.29 is 28.9 Å². The van der Waals surface area contributed by atoms with Gasteiger partial charge in [0.15, 0.2) is 11.5 Å². The van der Waals surface area contributed by atoms with E-state index in [0.29, 0.717) is 48.7 Å². The Morgan fingerprint density at radius 3 is 2.47 bits per heavy atom. The van der Waals surface area contributed by atoms with Crippen LogP contribution in [-0.2, 0) is 22.4 Å². The van der Waals surface area contributed by atoms with Gasteiger partial charge in [0.25, 0.3) is 0 Å². The SMILES string of the molecule is CCOc1ccccc1OCCN(C(=O)OC(C)(C)C)C(C)Cc1cc(C#N)c2c(c1)CCN2CC(=O)[O-]. The number of carboxylic acids is 1. The molecule has 38 heavy (non-hydrogen) atoms. The average Bonchev–Trinajstić information content (AvgIpc) is 3.23. The van der Waals surface area contributed by atoms with Crippen LogP contribution >= 0.6 is 0 Å². The summed E-state index contributed by atoms with van der Waals surface area (Å²) in [4.78, 5) is 27.6. The lowest BCUT2D eigenvalue weighted by atomic mass is 9.98. The first-order valence-electron chi connectivity index (χ1n) is 12.9. The highest BCUT2D eigenvalue weighted by Crippen LogP contribution is 2.33. The molecular weight excluding hydrogens is 486 g/mol. The number of carboxylic acid groups (broad SMARTS) is 1. The van der Waals surface area contributed by atoms with Gasteiger partial charge in [-0.1, -0.05) is 18.2 Å². The Kier molecular flexibility index (Phi) is 9.45. The van der Waals surface area contributed by atoms with Crippen LogP contribution in [0, 0.1) is 11.3 Å². The first kappa shape index (κ1) is 28.6. The summed E-state index contributed by atoms with van der Waals surface area (Å²) in [6, 6.07) is 13.1. The number of amides is 1. The van der Waals surface area contributed by atoms with Gasteiger partial charge in [-0.15, -0.1) is 0 Å². The lowest BCUT2D eigenvalue weighted by molar-refractivity contribution is -0.303. The molecule has 1 heterocycles. The molecule has 1 aliphatic rings. The second-order valence-electron chi connectivity index (χ2n) is 10.3. The maximum atomic E-state index is 13.2. The van der Waals surface area contributed by atoms with Gasteiger partial charge in [0, 0.05) is 12.6 Å². The predicted octanol–water partition coefficient (Wildman–Crippen LogP) is 3.32. The van der Waals surface area contributed by atoms with E-state index >= 15 is 0 Å². The quantitative estimate of drug-likeness (QED) is 0.441. The molecule has 1 atom stereocenters. The lowest BCUT2D eigenvalue weighted by Gasteiger charge is -2.32. The average molecular weight is 523 g/mol. The van der Waals surface area contributed by atoms with Gasteiger partial charge in [0.2, 0.25) is 0 Å². The third kappa shape index (κ3) is 7.54. The minimum absolute atomic E-state index is 0.236. The van der Waals surface area contributed by atoms with Gasteiger partial charge in [-0.3, -0.25) is 0 Å². The number of para-hydroxylation sites is 2. The van der Waals surface area contributed by atoms with Crippen LogP contribution in [0.3, 0.4) is 0 Å². The van der Waals surface area contributed by atoms with Crippen LogP contribution in [-0.4, -0.2) is 61.5 Å². The summed E-state index contributed by atoms with van der Waals surface area (Å²) in [7, 11) is 0. The molecule has 0 aromatic heterocycles. The molecule has 0 fully saturated rings. The van der Waals surface area contributed by atoms with Crippen molar-refractivity contribution in [3.05, 3.63) is 53.1 Å². The van der Waals surface area contributed by atoms with Crippen molar-refractivity contribution in [2.24, 2.45) is 0 Å². The third-order valence-corrected chi connectivity index (χ3v) is 6.09. The maximum Gasteiger partial charge on any atom is 0.410 e. The summed E-state index contributed by atoms with van der Waals surface area (Å²) < 4.78 is 17.3. The highest BCUT2D eigenvalue weighted by molar-refractivity contribution is 5.77. The highest BCUT2D eigenvalue weighted by Gasteiger charge is 2.28. The largest absolute Gasteiger partial charge is 0.548 e. The Balaban J connectivity index is 1.78. The first-order chi connectivity index (χ1) is 18.0. The number of aliphatic carboxylic acids is 1. The molecule has 9 heteroatoms. The first-order valence-corrected chi connectivity index (χ1v) is 12.9. The van der Waals surface area contributed by atoms with Gasteiger partial charge in [-0.2, -0.15) is 5.26 Å². The number of hydrogen-bond acceptors (Lipinski definition) is 8. The molecule has 0 bridgehead atoms. The molecule has 0 radical (unpaired) electrons. The van der Waals surface area contributed by atoms with Gasteiger partial charge in [-0.25, -0.2) is 4.79 Å². The summed E-state index contributed by atoms with van der Waals surface area (Å²) in [6.45, 7) is 10.6. The molecule has 1 unspecified atom stereocenters. The van der Waals surface area contributed by atoms with Crippen molar-refractivity contribution in [1.82, 2.24) is 4.90 Å². The fourth-order valence-electron chi connectivity index (χ4n) is 4.57. The number of carbonyl (C=O) groups excluding carboxylic acids is 2. The number of nitrogens with zero attached hydrogens (tertiary/aromatic N) is 3. The Morgan fingerprint density at radius 2 is 1.87 bits per heavy atom. The summed E-state index contributed by atoms with van der Waals surface area (Å²) in [6.07, 6.45) is 0.674. The van der Waals surface area contributed by atoms with E-state index in [2.05, 4.69) is 6.07 Å². The topological polar surface area (TPSA) is 115 Å². The van der Waals surface area contributed by atoms with Gasteiger partial charge in [0.05, 0.1) is 36.9 Å². The number of fused-ring (bicyclic) bond motifs is 1. The summed E-state index contributed by atoms with van der Waals surface area (Å²) in [5.74, 6) is 0.0600. The zero-order valence-corrected chi connectivity index (χ0v) is 22.8. The molecule has 2 aromatic rings. The molecule has 0 aliphatic carbocycles. The van der Waals surface area contributed by atoms with Crippen LogP contribution in [0.1, 0.15) is 51.3 Å². The van der Waals surface area contributed by atoms with E-state index in [1.807, 2.05) is 65.0 Å². The molecule has 1 amide bonds. The second-order valence-corrected chi connectivity index (χ2v) is 10.3. The van der Waals surface area contributed by atoms with E-state index in [1.54, 1.807) is 15.9 Å². The third-order valence-electron chi connectivity index (χ3n) is 6.09. The van der Waals surface area contributed by atoms with Crippen LogP contribution in [0.15, 0.2) is 36.4 Å². The van der Waals surface area contributed by atoms with Crippen molar-refractivity contribution in [1.29, 1.82) is 5.26 Å². The number of nitriles is 1. The van der Waals surface area contributed by atoms with Crippen LogP contribution in [0.25, 0.3) is 0 Å². The van der Waals surface area contributed by atoms with Gasteiger partial charge in [0.1, 0.15) is 18.3 Å². The second kappa shape index (κ2) is 12.5. The van der Waals surface area contributed by atoms with Crippen molar-refractivity contribution >= 4 is 17.7 Å².